The maximum absolute atomic E-state index is 5.77. The zero-order chi connectivity index (χ0) is 13.8. The predicted molar refractivity (Wildman–Crippen MR) is 91.1 cm³/mol. The third kappa shape index (κ3) is 8.13. The summed E-state index contributed by atoms with van der Waals surface area (Å²) in [6, 6.07) is 2.14. The fourth-order valence-electron chi connectivity index (χ4n) is 1.15. The van der Waals surface area contributed by atoms with E-state index >= 15 is 0 Å². The van der Waals surface area contributed by atoms with Crippen LogP contribution in [0.4, 0.5) is 0 Å². The summed E-state index contributed by atoms with van der Waals surface area (Å²) in [6.07, 6.45) is 3.56. The highest BCUT2D eigenvalue weighted by atomic mass is 35.8. The van der Waals surface area contributed by atoms with Gasteiger partial charge in [-0.2, -0.15) is 0 Å². The quantitative estimate of drug-likeness (QED) is 0.426. The molecule has 0 heterocycles. The lowest BCUT2D eigenvalue weighted by molar-refractivity contribution is 1.62. The number of rotatable bonds is 4. The number of halogens is 6. The van der Waals surface area contributed by atoms with Gasteiger partial charge in [0.25, 0.3) is 0 Å². The minimum Gasteiger partial charge on any atom is -0.121 e. The standard InChI is InChI=1S/C10H8Cl6Si2/c11-17(12,13)6-4-9-2-1-3-10(8-9)5-7-18(14,15)16/h1-8H. The highest BCUT2D eigenvalue weighted by Crippen LogP contribution is 2.24. The maximum atomic E-state index is 5.77. The molecule has 8 heteroatoms. The summed E-state index contributed by atoms with van der Waals surface area (Å²) in [5.41, 5.74) is 5.10. The molecular formula is C10H8Cl6Si2. The molecule has 0 saturated carbocycles. The van der Waals surface area contributed by atoms with Crippen molar-refractivity contribution < 1.29 is 0 Å². The number of hydrogen-bond donors (Lipinski definition) is 0. The van der Waals surface area contributed by atoms with Crippen molar-refractivity contribution in [3.05, 3.63) is 46.8 Å². The van der Waals surface area contributed by atoms with E-state index in [-0.39, 0.29) is 0 Å². The van der Waals surface area contributed by atoms with Crippen LogP contribution < -0.4 is 0 Å². The van der Waals surface area contributed by atoms with Crippen LogP contribution in [0, 0.1) is 0 Å². The van der Waals surface area contributed by atoms with Crippen molar-refractivity contribution in [1.82, 2.24) is 0 Å². The first-order chi connectivity index (χ1) is 8.16. The van der Waals surface area contributed by atoms with Gasteiger partial charge < -0.3 is 0 Å². The Balaban J connectivity index is 2.87. The second kappa shape index (κ2) is 7.05. The van der Waals surface area contributed by atoms with Gasteiger partial charge in [-0.05, 0) is 17.2 Å². The average molecular weight is 397 g/mol. The molecule has 0 radical (unpaired) electrons. The lowest BCUT2D eigenvalue weighted by Gasteiger charge is -2.02. The van der Waals surface area contributed by atoms with E-state index in [2.05, 4.69) is 0 Å². The van der Waals surface area contributed by atoms with Gasteiger partial charge in [0.2, 0.25) is 0 Å². The molecule has 0 spiro atoms. The lowest BCUT2D eigenvalue weighted by Crippen LogP contribution is -2.03. The molecule has 98 valence electrons. The second-order valence-electron chi connectivity index (χ2n) is 3.42. The van der Waals surface area contributed by atoms with E-state index in [0.29, 0.717) is 0 Å². The second-order valence-corrected chi connectivity index (χ2v) is 20.5. The molecule has 0 N–H and O–H groups in total. The minimum absolute atomic E-state index is 0.932. The van der Waals surface area contributed by atoms with Crippen molar-refractivity contribution in [3.8, 4) is 0 Å². The van der Waals surface area contributed by atoms with E-state index in [9.17, 15) is 0 Å². The fourth-order valence-corrected chi connectivity index (χ4v) is 3.04. The van der Waals surface area contributed by atoms with Crippen LogP contribution in [0.2, 0.25) is 0 Å². The third-order valence-corrected chi connectivity index (χ3v) is 5.20. The monoisotopic (exact) mass is 394 g/mol. The van der Waals surface area contributed by atoms with E-state index in [1.165, 1.54) is 0 Å². The molecule has 0 saturated heterocycles. The largest absolute Gasteiger partial charge is 0.365 e. The normalized spacial score (nSPS) is 13.7. The SMILES string of the molecule is Cl[Si](Cl)(Cl)C=Cc1cccc(C=C[Si](Cl)(Cl)Cl)c1. The molecule has 1 aromatic rings. The smallest absolute Gasteiger partial charge is 0.121 e. The van der Waals surface area contributed by atoms with Crippen molar-refractivity contribution in [2.24, 2.45) is 0 Å². The van der Waals surface area contributed by atoms with E-state index in [4.69, 9.17) is 66.5 Å². The number of benzene rings is 1. The Labute approximate surface area is 136 Å². The molecule has 18 heavy (non-hydrogen) atoms. The highest BCUT2D eigenvalue weighted by Gasteiger charge is 2.20. The topological polar surface area (TPSA) is 0 Å². The Hall–Kier alpha value is 0.874. The fraction of sp³-hybridized carbons (Fsp3) is 0. The van der Waals surface area contributed by atoms with Gasteiger partial charge in [0.15, 0.2) is 0 Å². The molecule has 0 bridgehead atoms. The Bertz CT molecular complexity index is 419. The van der Waals surface area contributed by atoms with Gasteiger partial charge in [-0.25, -0.2) is 0 Å². The van der Waals surface area contributed by atoms with Gasteiger partial charge in [-0.3, -0.25) is 0 Å². The molecule has 0 aliphatic heterocycles. The maximum Gasteiger partial charge on any atom is 0.365 e. The van der Waals surface area contributed by atoms with E-state index in [1.807, 2.05) is 24.3 Å². The van der Waals surface area contributed by atoms with Crippen LogP contribution in [-0.2, 0) is 0 Å². The molecular weight excluding hydrogens is 389 g/mol. The van der Waals surface area contributed by atoms with Crippen LogP contribution in [0.5, 0.6) is 0 Å². The molecule has 0 unspecified atom stereocenters. The van der Waals surface area contributed by atoms with Gasteiger partial charge in [0.05, 0.1) is 0 Å². The molecule has 0 aromatic heterocycles. The van der Waals surface area contributed by atoms with Crippen LogP contribution in [-0.4, -0.2) is 12.0 Å². The highest BCUT2D eigenvalue weighted by molar-refractivity contribution is 7.67. The first-order valence-corrected chi connectivity index (χ1v) is 15.0. The molecule has 0 amide bonds. The van der Waals surface area contributed by atoms with Gasteiger partial charge >= 0.3 is 12.0 Å². The number of hydrogen-bond acceptors (Lipinski definition) is 0. The zero-order valence-corrected chi connectivity index (χ0v) is 15.4. The van der Waals surface area contributed by atoms with Crippen molar-refractivity contribution >= 4 is 90.6 Å². The summed E-state index contributed by atoms with van der Waals surface area (Å²) in [4.78, 5) is 0. The Morgan fingerprint density at radius 2 is 1.11 bits per heavy atom. The average Bonchev–Trinajstić information content (AvgIpc) is 2.22. The predicted octanol–water partition coefficient (Wildman–Crippen LogP) is 6.10. The van der Waals surface area contributed by atoms with Gasteiger partial charge in [0.1, 0.15) is 0 Å². The Morgan fingerprint density at radius 1 is 0.722 bits per heavy atom. The first kappa shape index (κ1) is 16.9. The van der Waals surface area contributed by atoms with E-state index < -0.39 is 12.0 Å². The van der Waals surface area contributed by atoms with Crippen molar-refractivity contribution in [2.75, 3.05) is 0 Å². The molecule has 0 fully saturated rings. The summed E-state index contributed by atoms with van der Waals surface area (Å²) < 4.78 is 0. The lowest BCUT2D eigenvalue weighted by atomic mass is 10.1. The molecule has 0 nitrogen and oxygen atoms in total. The minimum atomic E-state index is -2.74. The summed E-state index contributed by atoms with van der Waals surface area (Å²) in [5.74, 6) is 0. The van der Waals surface area contributed by atoms with Crippen LogP contribution in [0.3, 0.4) is 0 Å². The molecule has 1 rings (SSSR count). The summed E-state index contributed by atoms with van der Waals surface area (Å²) in [6.45, 7) is 0. The first-order valence-electron chi connectivity index (χ1n) is 4.78. The zero-order valence-electron chi connectivity index (χ0n) is 8.89. The van der Waals surface area contributed by atoms with Crippen LogP contribution in [0.15, 0.2) is 35.7 Å². The molecule has 1 aromatic carbocycles. The van der Waals surface area contributed by atoms with Gasteiger partial charge in [-0.15, -0.1) is 66.5 Å². The van der Waals surface area contributed by atoms with Crippen molar-refractivity contribution in [3.63, 3.8) is 0 Å². The molecule has 0 aliphatic carbocycles. The van der Waals surface area contributed by atoms with Crippen LogP contribution >= 0.6 is 66.5 Å². The van der Waals surface area contributed by atoms with Crippen molar-refractivity contribution in [1.29, 1.82) is 0 Å². The van der Waals surface area contributed by atoms with E-state index in [0.717, 1.165) is 11.1 Å². The van der Waals surface area contributed by atoms with Crippen LogP contribution in [0.25, 0.3) is 12.2 Å². The van der Waals surface area contributed by atoms with Gasteiger partial charge in [-0.1, -0.05) is 41.7 Å². The molecule has 0 aliphatic rings. The van der Waals surface area contributed by atoms with E-state index in [1.54, 1.807) is 23.6 Å². The van der Waals surface area contributed by atoms with Gasteiger partial charge in [0, 0.05) is 0 Å². The van der Waals surface area contributed by atoms with Crippen LogP contribution in [0.1, 0.15) is 11.1 Å². The summed E-state index contributed by atoms with van der Waals surface area (Å²) in [5, 5.41) is 0. The summed E-state index contributed by atoms with van der Waals surface area (Å²) >= 11 is 34.6. The Kier molecular flexibility index (Phi) is 6.63. The Morgan fingerprint density at radius 3 is 1.44 bits per heavy atom. The van der Waals surface area contributed by atoms with Crippen molar-refractivity contribution in [2.45, 2.75) is 0 Å². The summed E-state index contributed by atoms with van der Waals surface area (Å²) in [7, 11) is 0. The molecule has 0 atom stereocenters. The third-order valence-electron chi connectivity index (χ3n) is 1.84.